The number of rotatable bonds is 6. The van der Waals surface area contributed by atoms with E-state index in [4.69, 9.17) is 9.73 Å². The van der Waals surface area contributed by atoms with Gasteiger partial charge >= 0.3 is 0 Å². The summed E-state index contributed by atoms with van der Waals surface area (Å²) >= 11 is 0. The van der Waals surface area contributed by atoms with Crippen molar-refractivity contribution in [3.05, 3.63) is 35.4 Å². The molecule has 0 amide bonds. The molecule has 3 rings (SSSR count). The summed E-state index contributed by atoms with van der Waals surface area (Å²) in [7, 11) is -3.36. The van der Waals surface area contributed by atoms with Gasteiger partial charge in [0, 0.05) is 32.7 Å². The summed E-state index contributed by atoms with van der Waals surface area (Å²) in [6.45, 7) is 9.46. The average Bonchev–Trinajstić information content (AvgIpc) is 2.72. The molecule has 170 valence electrons. The number of ether oxygens (including phenoxy) is 1. The van der Waals surface area contributed by atoms with Gasteiger partial charge < -0.3 is 15.0 Å². The van der Waals surface area contributed by atoms with Gasteiger partial charge in [0.2, 0.25) is 10.0 Å². The Labute approximate surface area is 198 Å². The molecule has 1 atom stereocenters. The molecule has 2 saturated heterocycles. The number of benzene rings is 1. The fraction of sp³-hybridized carbons (Fsp3) is 0.667. The number of aliphatic imine (C=N–C) groups is 1. The third kappa shape index (κ3) is 7.06. The van der Waals surface area contributed by atoms with Crippen molar-refractivity contribution in [3.63, 3.8) is 0 Å². The van der Waals surface area contributed by atoms with Crippen LogP contribution in [0.3, 0.4) is 0 Å². The van der Waals surface area contributed by atoms with Crippen molar-refractivity contribution < 1.29 is 13.2 Å². The van der Waals surface area contributed by atoms with Gasteiger partial charge in [-0.2, -0.15) is 4.31 Å². The van der Waals surface area contributed by atoms with Gasteiger partial charge in [-0.25, -0.2) is 13.4 Å². The van der Waals surface area contributed by atoms with Gasteiger partial charge in [-0.1, -0.05) is 31.2 Å². The highest BCUT2D eigenvalue weighted by atomic mass is 127. The summed E-state index contributed by atoms with van der Waals surface area (Å²) < 4.78 is 32.5. The quantitative estimate of drug-likeness (QED) is 0.335. The topological polar surface area (TPSA) is 74.2 Å². The second-order valence-electron chi connectivity index (χ2n) is 7.90. The first-order valence-corrected chi connectivity index (χ1v) is 12.3. The van der Waals surface area contributed by atoms with Crippen LogP contribution in [0.2, 0.25) is 0 Å². The first-order chi connectivity index (χ1) is 14.0. The number of hydrogen-bond donors (Lipinski definition) is 1. The zero-order valence-corrected chi connectivity index (χ0v) is 21.2. The summed E-state index contributed by atoms with van der Waals surface area (Å²) in [4.78, 5) is 7.17. The van der Waals surface area contributed by atoms with Crippen molar-refractivity contribution in [2.24, 2.45) is 10.9 Å². The van der Waals surface area contributed by atoms with Crippen molar-refractivity contribution in [1.82, 2.24) is 14.5 Å². The molecule has 0 saturated carbocycles. The summed E-state index contributed by atoms with van der Waals surface area (Å²) in [5.74, 6) is 1.60. The van der Waals surface area contributed by atoms with Crippen LogP contribution in [0.4, 0.5) is 0 Å². The van der Waals surface area contributed by atoms with Crippen LogP contribution in [0.1, 0.15) is 37.8 Å². The van der Waals surface area contributed by atoms with Crippen molar-refractivity contribution in [1.29, 1.82) is 0 Å². The molecule has 0 radical (unpaired) electrons. The second-order valence-corrected chi connectivity index (χ2v) is 9.87. The summed E-state index contributed by atoms with van der Waals surface area (Å²) in [5.41, 5.74) is 1.79. The predicted molar refractivity (Wildman–Crippen MR) is 132 cm³/mol. The minimum atomic E-state index is -3.36. The Kier molecular flexibility index (Phi) is 10.3. The first-order valence-electron chi connectivity index (χ1n) is 10.6. The lowest BCUT2D eigenvalue weighted by Crippen LogP contribution is -2.46. The maximum Gasteiger partial charge on any atom is 0.218 e. The SMILES string of the molecule is CCNC(=NCc1ccccc1CS(=O)(=O)N1CCOCC1)N1CCCC(C)C1.I. The molecule has 0 bridgehead atoms. The van der Waals surface area contributed by atoms with E-state index >= 15 is 0 Å². The molecule has 0 spiro atoms. The van der Waals surface area contributed by atoms with E-state index in [-0.39, 0.29) is 29.7 Å². The van der Waals surface area contributed by atoms with Crippen molar-refractivity contribution in [2.45, 2.75) is 39.0 Å². The molecule has 2 heterocycles. The zero-order chi connectivity index (χ0) is 20.7. The van der Waals surface area contributed by atoms with E-state index in [0.29, 0.717) is 38.8 Å². The summed E-state index contributed by atoms with van der Waals surface area (Å²) in [5, 5.41) is 3.40. The Morgan fingerprint density at radius 2 is 1.90 bits per heavy atom. The molecule has 0 aromatic heterocycles. The van der Waals surface area contributed by atoms with Gasteiger partial charge in [-0.3, -0.25) is 0 Å². The monoisotopic (exact) mass is 550 g/mol. The molecule has 30 heavy (non-hydrogen) atoms. The van der Waals surface area contributed by atoms with Crippen molar-refractivity contribution in [2.75, 3.05) is 45.9 Å². The van der Waals surface area contributed by atoms with Crippen LogP contribution in [-0.2, 0) is 27.1 Å². The first kappa shape index (κ1) is 25.4. The molecule has 7 nitrogen and oxygen atoms in total. The molecule has 1 aromatic carbocycles. The minimum absolute atomic E-state index is 0. The molecule has 2 aliphatic heterocycles. The van der Waals surface area contributed by atoms with Crippen molar-refractivity contribution in [3.8, 4) is 0 Å². The van der Waals surface area contributed by atoms with Gasteiger partial charge in [-0.05, 0) is 36.8 Å². The number of sulfonamides is 1. The number of guanidine groups is 1. The van der Waals surface area contributed by atoms with E-state index in [1.165, 1.54) is 17.1 Å². The van der Waals surface area contributed by atoms with E-state index in [1.54, 1.807) is 0 Å². The molecule has 2 fully saturated rings. The van der Waals surface area contributed by atoms with Crippen LogP contribution in [-0.4, -0.2) is 69.5 Å². The Hall–Kier alpha value is -0.910. The second kappa shape index (κ2) is 12.2. The third-order valence-corrected chi connectivity index (χ3v) is 7.34. The number of piperidine rings is 1. The van der Waals surface area contributed by atoms with E-state index in [9.17, 15) is 8.42 Å². The van der Waals surface area contributed by atoms with E-state index < -0.39 is 10.0 Å². The molecule has 0 aliphatic carbocycles. The molecule has 1 unspecified atom stereocenters. The smallest absolute Gasteiger partial charge is 0.218 e. The van der Waals surface area contributed by atoms with Gasteiger partial charge in [0.25, 0.3) is 0 Å². The number of hydrogen-bond acceptors (Lipinski definition) is 4. The van der Waals surface area contributed by atoms with Crippen LogP contribution in [0.5, 0.6) is 0 Å². The predicted octanol–water partition coefficient (Wildman–Crippen LogP) is 2.66. The highest BCUT2D eigenvalue weighted by molar-refractivity contribution is 14.0. The lowest BCUT2D eigenvalue weighted by atomic mass is 10.0. The maximum atomic E-state index is 12.8. The standard InChI is InChI=1S/C21H34N4O3S.HI/c1-3-22-21(24-10-6-7-18(2)16-24)23-15-19-8-4-5-9-20(19)17-29(26,27)25-11-13-28-14-12-25;/h4-5,8-9,18H,3,6-7,10-17H2,1-2H3,(H,22,23);1H. The van der Waals surface area contributed by atoms with Crippen LogP contribution in [0.15, 0.2) is 29.3 Å². The zero-order valence-electron chi connectivity index (χ0n) is 18.0. The largest absolute Gasteiger partial charge is 0.379 e. The van der Waals surface area contributed by atoms with E-state index in [0.717, 1.165) is 36.7 Å². The Morgan fingerprint density at radius 3 is 2.57 bits per heavy atom. The number of nitrogens with one attached hydrogen (secondary N) is 1. The highest BCUT2D eigenvalue weighted by Gasteiger charge is 2.25. The molecular formula is C21H35IN4O3S. The Bertz CT molecular complexity index is 797. The molecular weight excluding hydrogens is 515 g/mol. The fourth-order valence-electron chi connectivity index (χ4n) is 3.93. The Morgan fingerprint density at radius 1 is 1.20 bits per heavy atom. The van der Waals surface area contributed by atoms with Gasteiger partial charge in [-0.15, -0.1) is 24.0 Å². The number of morpholine rings is 1. The van der Waals surface area contributed by atoms with Crippen LogP contribution >= 0.6 is 24.0 Å². The maximum absolute atomic E-state index is 12.8. The van der Waals surface area contributed by atoms with Crippen LogP contribution in [0, 0.1) is 5.92 Å². The van der Waals surface area contributed by atoms with Crippen molar-refractivity contribution >= 4 is 40.0 Å². The fourth-order valence-corrected chi connectivity index (χ4v) is 5.50. The molecule has 2 aliphatic rings. The third-order valence-electron chi connectivity index (χ3n) is 5.51. The van der Waals surface area contributed by atoms with Gasteiger partial charge in [0.05, 0.1) is 25.5 Å². The molecule has 9 heteroatoms. The molecule has 1 aromatic rings. The van der Waals surface area contributed by atoms with Gasteiger partial charge in [0.1, 0.15) is 0 Å². The van der Waals surface area contributed by atoms with Gasteiger partial charge in [0.15, 0.2) is 5.96 Å². The van der Waals surface area contributed by atoms with E-state index in [2.05, 4.69) is 24.1 Å². The Balaban J connectivity index is 0.00000320. The summed E-state index contributed by atoms with van der Waals surface area (Å²) in [6, 6.07) is 7.73. The minimum Gasteiger partial charge on any atom is -0.379 e. The van der Waals surface area contributed by atoms with Crippen LogP contribution in [0.25, 0.3) is 0 Å². The lowest BCUT2D eigenvalue weighted by Gasteiger charge is -2.33. The normalized spacial score (nSPS) is 21.2. The highest BCUT2D eigenvalue weighted by Crippen LogP contribution is 2.19. The molecule has 1 N–H and O–H groups in total. The summed E-state index contributed by atoms with van der Waals surface area (Å²) in [6.07, 6.45) is 2.44. The number of nitrogens with zero attached hydrogens (tertiary/aromatic N) is 3. The lowest BCUT2D eigenvalue weighted by molar-refractivity contribution is 0.0729. The van der Waals surface area contributed by atoms with E-state index in [1.807, 2.05) is 24.3 Å². The number of halogens is 1. The average molecular weight is 551 g/mol. The van der Waals surface area contributed by atoms with Crippen LogP contribution < -0.4 is 5.32 Å². The number of likely N-dealkylation sites (tertiary alicyclic amines) is 1.